The fourth-order valence-corrected chi connectivity index (χ4v) is 3.84. The van der Waals surface area contributed by atoms with E-state index in [9.17, 15) is 14.0 Å². The number of benzene rings is 2. The van der Waals surface area contributed by atoms with E-state index < -0.39 is 5.82 Å². The van der Waals surface area contributed by atoms with Crippen LogP contribution in [0.4, 0.5) is 10.1 Å². The third kappa shape index (κ3) is 4.55. The lowest BCUT2D eigenvalue weighted by atomic mass is 10.2. The van der Waals surface area contributed by atoms with E-state index in [2.05, 4.69) is 10.3 Å². The van der Waals surface area contributed by atoms with Crippen LogP contribution in [0.5, 0.6) is 0 Å². The van der Waals surface area contributed by atoms with Crippen LogP contribution in [0.1, 0.15) is 5.76 Å². The average molecular weight is 444 g/mol. The van der Waals surface area contributed by atoms with Gasteiger partial charge in [-0.15, -0.1) is 0 Å². The first-order valence-electron chi connectivity index (χ1n) is 8.90. The molecule has 0 radical (unpaired) electrons. The maximum atomic E-state index is 13.3. The van der Waals surface area contributed by atoms with E-state index in [4.69, 9.17) is 16.0 Å². The number of aromatic nitrogens is 2. The smallest absolute Gasteiger partial charge is 0.262 e. The van der Waals surface area contributed by atoms with E-state index in [1.54, 1.807) is 36.4 Å². The number of amides is 1. The Balaban J connectivity index is 1.62. The van der Waals surface area contributed by atoms with Crippen LogP contribution in [-0.4, -0.2) is 21.2 Å². The van der Waals surface area contributed by atoms with Gasteiger partial charge in [0.2, 0.25) is 5.91 Å². The van der Waals surface area contributed by atoms with Crippen LogP contribution in [0, 0.1) is 5.82 Å². The summed E-state index contributed by atoms with van der Waals surface area (Å²) in [5, 5.41) is 3.84. The molecule has 0 aliphatic heterocycles. The van der Waals surface area contributed by atoms with Crippen LogP contribution < -0.4 is 10.9 Å². The van der Waals surface area contributed by atoms with Gasteiger partial charge < -0.3 is 9.73 Å². The van der Waals surface area contributed by atoms with Gasteiger partial charge in [0.15, 0.2) is 5.16 Å². The second-order valence-electron chi connectivity index (χ2n) is 6.37. The van der Waals surface area contributed by atoms with E-state index in [-0.39, 0.29) is 23.8 Å². The van der Waals surface area contributed by atoms with Crippen molar-refractivity contribution in [2.75, 3.05) is 11.1 Å². The van der Waals surface area contributed by atoms with Crippen molar-refractivity contribution in [3.63, 3.8) is 0 Å². The van der Waals surface area contributed by atoms with Gasteiger partial charge in [-0.2, -0.15) is 0 Å². The maximum absolute atomic E-state index is 13.3. The molecule has 4 aromatic rings. The Labute approximate surface area is 179 Å². The molecule has 2 aromatic carbocycles. The molecule has 0 saturated carbocycles. The largest absolute Gasteiger partial charge is 0.467 e. The number of rotatable bonds is 6. The Morgan fingerprint density at radius 2 is 2.07 bits per heavy atom. The number of nitrogens with zero attached hydrogens (tertiary/aromatic N) is 2. The van der Waals surface area contributed by atoms with Crippen LogP contribution in [-0.2, 0) is 11.3 Å². The number of fused-ring (bicyclic) bond motifs is 1. The topological polar surface area (TPSA) is 77.1 Å². The molecule has 0 saturated heterocycles. The minimum Gasteiger partial charge on any atom is -0.467 e. The molecule has 2 heterocycles. The molecule has 30 heavy (non-hydrogen) atoms. The van der Waals surface area contributed by atoms with Crippen molar-refractivity contribution in [2.24, 2.45) is 0 Å². The molecule has 9 heteroatoms. The minimum absolute atomic E-state index is 0.0207. The van der Waals surface area contributed by atoms with Crippen LogP contribution in [0.15, 0.2) is 75.2 Å². The summed E-state index contributed by atoms with van der Waals surface area (Å²) in [6, 6.07) is 14.0. The molecule has 152 valence electrons. The predicted molar refractivity (Wildman–Crippen MR) is 115 cm³/mol. The molecule has 0 aliphatic carbocycles. The number of halogens is 2. The van der Waals surface area contributed by atoms with Crippen molar-refractivity contribution >= 4 is 45.9 Å². The minimum atomic E-state index is -0.444. The van der Waals surface area contributed by atoms with Gasteiger partial charge in [0, 0.05) is 10.7 Å². The van der Waals surface area contributed by atoms with E-state index in [0.29, 0.717) is 32.5 Å². The van der Waals surface area contributed by atoms with E-state index in [0.717, 1.165) is 11.8 Å². The molecule has 4 rings (SSSR count). The van der Waals surface area contributed by atoms with Crippen molar-refractivity contribution < 1.29 is 13.6 Å². The Bertz CT molecular complexity index is 1270. The second-order valence-corrected chi connectivity index (χ2v) is 7.75. The summed E-state index contributed by atoms with van der Waals surface area (Å²) in [6.07, 6.45) is 1.52. The van der Waals surface area contributed by atoms with Crippen molar-refractivity contribution in [3.05, 3.63) is 87.8 Å². The third-order valence-electron chi connectivity index (χ3n) is 4.22. The third-order valence-corrected chi connectivity index (χ3v) is 5.43. The van der Waals surface area contributed by atoms with Crippen molar-refractivity contribution in [1.29, 1.82) is 0 Å². The fourth-order valence-electron chi connectivity index (χ4n) is 2.88. The highest BCUT2D eigenvalue weighted by molar-refractivity contribution is 7.99. The predicted octanol–water partition coefficient (Wildman–Crippen LogP) is 4.56. The Kier molecular flexibility index (Phi) is 5.87. The number of carbonyl (C=O) groups is 1. The Morgan fingerprint density at radius 3 is 2.83 bits per heavy atom. The molecule has 1 amide bonds. The number of anilines is 1. The molecular formula is C21H15ClFN3O3S. The fraction of sp³-hybridized carbons (Fsp3) is 0.0952. The highest BCUT2D eigenvalue weighted by Gasteiger charge is 2.15. The summed E-state index contributed by atoms with van der Waals surface area (Å²) in [6.45, 7) is 0.172. The summed E-state index contributed by atoms with van der Waals surface area (Å²) >= 11 is 7.14. The Morgan fingerprint density at radius 1 is 1.20 bits per heavy atom. The molecule has 0 bridgehead atoms. The average Bonchev–Trinajstić information content (AvgIpc) is 3.22. The summed E-state index contributed by atoms with van der Waals surface area (Å²) in [5.74, 6) is -0.234. The van der Waals surface area contributed by atoms with Crippen LogP contribution >= 0.6 is 23.4 Å². The summed E-state index contributed by atoms with van der Waals surface area (Å²) < 4.78 is 20.1. The van der Waals surface area contributed by atoms with E-state index in [1.807, 2.05) is 0 Å². The normalized spacial score (nSPS) is 11.0. The van der Waals surface area contributed by atoms with E-state index >= 15 is 0 Å². The molecule has 0 spiro atoms. The monoisotopic (exact) mass is 443 g/mol. The van der Waals surface area contributed by atoms with Crippen molar-refractivity contribution in [2.45, 2.75) is 11.7 Å². The lowest BCUT2D eigenvalue weighted by molar-refractivity contribution is -0.113. The zero-order valence-corrected chi connectivity index (χ0v) is 17.0. The first-order valence-corrected chi connectivity index (χ1v) is 10.3. The van der Waals surface area contributed by atoms with Crippen LogP contribution in [0.25, 0.3) is 10.9 Å². The van der Waals surface area contributed by atoms with Gasteiger partial charge in [-0.3, -0.25) is 14.2 Å². The van der Waals surface area contributed by atoms with E-state index in [1.165, 1.54) is 29.0 Å². The number of thioether (sulfide) groups is 1. The molecule has 0 atom stereocenters. The summed E-state index contributed by atoms with van der Waals surface area (Å²) in [5.41, 5.74) is 0.532. The van der Waals surface area contributed by atoms with Crippen molar-refractivity contribution in [3.8, 4) is 0 Å². The van der Waals surface area contributed by atoms with Gasteiger partial charge in [-0.1, -0.05) is 29.4 Å². The summed E-state index contributed by atoms with van der Waals surface area (Å²) in [7, 11) is 0. The first kappa shape index (κ1) is 20.2. The molecule has 0 unspecified atom stereocenters. The molecule has 1 N–H and O–H groups in total. The van der Waals surface area contributed by atoms with Gasteiger partial charge in [0.25, 0.3) is 5.56 Å². The maximum Gasteiger partial charge on any atom is 0.262 e. The molecule has 0 fully saturated rings. The zero-order valence-electron chi connectivity index (χ0n) is 15.5. The van der Waals surface area contributed by atoms with Gasteiger partial charge in [-0.25, -0.2) is 9.37 Å². The number of carbonyl (C=O) groups excluding carboxylic acids is 1. The molecule has 0 aliphatic rings. The number of hydrogen-bond acceptors (Lipinski definition) is 5. The first-order chi connectivity index (χ1) is 14.5. The van der Waals surface area contributed by atoms with Gasteiger partial charge in [0.05, 0.1) is 29.5 Å². The lowest BCUT2D eigenvalue weighted by Gasteiger charge is -2.12. The number of hydrogen-bond donors (Lipinski definition) is 1. The standard InChI is InChI=1S/C21H15ClFN3O3S/c22-13-6-7-17-18(9-13)25-21(26(20(17)28)11-16-5-2-8-29-16)30-12-19(27)24-15-4-1-3-14(23)10-15/h1-10H,11-12H2,(H,24,27). The zero-order chi connectivity index (χ0) is 21.1. The van der Waals surface area contributed by atoms with Gasteiger partial charge in [-0.05, 0) is 48.5 Å². The molecule has 6 nitrogen and oxygen atoms in total. The highest BCUT2D eigenvalue weighted by Crippen LogP contribution is 2.22. The quantitative estimate of drug-likeness (QED) is 0.349. The van der Waals surface area contributed by atoms with Gasteiger partial charge in [0.1, 0.15) is 11.6 Å². The second kappa shape index (κ2) is 8.73. The molecule has 2 aromatic heterocycles. The van der Waals surface area contributed by atoms with Crippen LogP contribution in [0.2, 0.25) is 5.02 Å². The number of nitrogens with one attached hydrogen (secondary N) is 1. The lowest BCUT2D eigenvalue weighted by Crippen LogP contribution is -2.24. The number of furan rings is 1. The Hall–Kier alpha value is -3.10. The van der Waals surface area contributed by atoms with Crippen LogP contribution in [0.3, 0.4) is 0 Å². The SMILES string of the molecule is O=C(CSc1nc2cc(Cl)ccc2c(=O)n1Cc1ccco1)Nc1cccc(F)c1. The highest BCUT2D eigenvalue weighted by atomic mass is 35.5. The molecular weight excluding hydrogens is 429 g/mol. The van der Waals surface area contributed by atoms with Gasteiger partial charge >= 0.3 is 0 Å². The summed E-state index contributed by atoms with van der Waals surface area (Å²) in [4.78, 5) is 29.9. The van der Waals surface area contributed by atoms with Crippen molar-refractivity contribution in [1.82, 2.24) is 9.55 Å².